The van der Waals surface area contributed by atoms with Gasteiger partial charge in [0, 0.05) is 39.2 Å². The van der Waals surface area contributed by atoms with Gasteiger partial charge in [-0.25, -0.2) is 0 Å². The maximum Gasteiger partial charge on any atom is 0.306 e. The van der Waals surface area contributed by atoms with Crippen molar-refractivity contribution < 1.29 is 47.5 Å². The summed E-state index contributed by atoms with van der Waals surface area (Å²) in [6, 6.07) is 0.337. The van der Waals surface area contributed by atoms with Gasteiger partial charge < -0.3 is 42.8 Å². The summed E-state index contributed by atoms with van der Waals surface area (Å²) in [6.07, 6.45) is 8.58. The topological polar surface area (TPSA) is 111 Å². The number of fused-ring (bicyclic) bond motifs is 5. The summed E-state index contributed by atoms with van der Waals surface area (Å²) in [5.74, 6) is 0.00947. The summed E-state index contributed by atoms with van der Waals surface area (Å²) < 4.78 is 49.8. The van der Waals surface area contributed by atoms with Gasteiger partial charge in [-0.3, -0.25) is 9.59 Å². The number of hydrogen-bond donors (Lipinski definition) is 0. The number of methoxy groups -OCH3 is 3. The van der Waals surface area contributed by atoms with Gasteiger partial charge >= 0.3 is 5.97 Å². The maximum absolute atomic E-state index is 14.7. The second kappa shape index (κ2) is 17.6. The fourth-order valence-electron chi connectivity index (χ4n) is 10.8. The van der Waals surface area contributed by atoms with E-state index in [1.54, 1.807) is 21.3 Å². The lowest BCUT2D eigenvalue weighted by Gasteiger charge is -2.44. The first-order valence-electron chi connectivity index (χ1n) is 20.4. The molecule has 6 aliphatic rings. The Bertz CT molecular complexity index is 1330. The predicted octanol–water partition coefficient (Wildman–Crippen LogP) is 5.88. The number of carbonyl (C=O) groups excluding carboxylic acids is 2. The number of cyclic esters (lactones) is 1. The van der Waals surface area contributed by atoms with E-state index in [0.29, 0.717) is 18.4 Å². The smallest absolute Gasteiger partial charge is 0.306 e. The van der Waals surface area contributed by atoms with Crippen molar-refractivity contribution in [1.29, 1.82) is 0 Å². The average Bonchev–Trinajstić information content (AvgIpc) is 3.71. The van der Waals surface area contributed by atoms with Gasteiger partial charge in [0.15, 0.2) is 18.4 Å². The van der Waals surface area contributed by atoms with Gasteiger partial charge in [-0.15, -0.1) is 0 Å². The van der Waals surface area contributed by atoms with Crippen molar-refractivity contribution in [2.24, 2.45) is 35.5 Å². The molecule has 3 aliphatic carbocycles. The van der Waals surface area contributed by atoms with Crippen LogP contribution in [0.1, 0.15) is 92.4 Å². The molecule has 0 radical (unpaired) electrons. The second-order valence-corrected chi connectivity index (χ2v) is 17.0. The summed E-state index contributed by atoms with van der Waals surface area (Å²) in [7, 11) is 9.16. The largest absolute Gasteiger partial charge is 0.462 e. The summed E-state index contributed by atoms with van der Waals surface area (Å²) in [5.41, 5.74) is 2.07. The molecule has 11 nitrogen and oxygen atoms in total. The molecule has 0 aromatic carbocycles. The third kappa shape index (κ3) is 8.53. The van der Waals surface area contributed by atoms with Crippen LogP contribution in [0.4, 0.5) is 0 Å². The lowest BCUT2D eigenvalue weighted by atomic mass is 9.67. The second-order valence-electron chi connectivity index (χ2n) is 17.0. The highest BCUT2D eigenvalue weighted by atomic mass is 16.7. The van der Waals surface area contributed by atoms with Crippen LogP contribution in [0, 0.1) is 35.5 Å². The van der Waals surface area contributed by atoms with Crippen molar-refractivity contribution in [2.45, 2.75) is 160 Å². The Labute approximate surface area is 317 Å². The minimum absolute atomic E-state index is 0.0364. The van der Waals surface area contributed by atoms with Crippen LogP contribution in [0.15, 0.2) is 23.3 Å². The van der Waals surface area contributed by atoms with E-state index < -0.39 is 12.4 Å². The molecule has 3 saturated heterocycles. The van der Waals surface area contributed by atoms with Crippen LogP contribution in [0.3, 0.4) is 0 Å². The van der Waals surface area contributed by atoms with Crippen LogP contribution in [0.5, 0.6) is 0 Å². The number of likely N-dealkylation sites (N-methyl/N-ethyl adjacent to an activating group) is 1. The number of allylic oxidation sites excluding steroid dienone is 4. The van der Waals surface area contributed by atoms with Crippen LogP contribution in [0.2, 0.25) is 0 Å². The van der Waals surface area contributed by atoms with Gasteiger partial charge in [-0.1, -0.05) is 31.6 Å². The molecule has 0 spiro atoms. The van der Waals surface area contributed by atoms with Gasteiger partial charge in [0.05, 0.1) is 30.8 Å². The summed E-state index contributed by atoms with van der Waals surface area (Å²) in [5, 5.41) is 0. The molecular weight excluding hydrogens is 678 g/mol. The molecule has 3 aliphatic heterocycles. The number of ketones is 1. The highest BCUT2D eigenvalue weighted by Crippen LogP contribution is 2.56. The average molecular weight is 746 g/mol. The normalized spacial score (nSPS) is 45.3. The maximum atomic E-state index is 14.7. The van der Waals surface area contributed by atoms with Crippen molar-refractivity contribution in [2.75, 3.05) is 35.4 Å². The van der Waals surface area contributed by atoms with Crippen molar-refractivity contribution >= 4 is 11.8 Å². The predicted molar refractivity (Wildman–Crippen MR) is 199 cm³/mol. The van der Waals surface area contributed by atoms with Gasteiger partial charge in [-0.05, 0) is 115 Å². The standard InChI is InChI=1S/C42H67NO10/c1-11-26-13-12-14-35(53-37-16-15-34(43(6)7)24(4)49-37)23(3)38(45)33-20-31-29(32(33)21-36(44)51-26)17-22(2)28-18-27(19-30(28)31)52-42-41(48-10)40(47-9)39(46-8)25(5)50-42/h17,20,23-32,34-35,37,39-42H,11-16,18-19,21H2,1-10H3/t23-,24-,25+,26+,27+,28-,29+,30+,31-,32+,34+,35+,37+,39+,40-,41-,42+/m1/s1. The van der Waals surface area contributed by atoms with Crippen LogP contribution >= 0.6 is 0 Å². The molecule has 0 unspecified atom stereocenters. The third-order valence-electron chi connectivity index (χ3n) is 13.7. The highest BCUT2D eigenvalue weighted by Gasteiger charge is 2.53. The molecule has 0 aromatic rings. The van der Waals surface area contributed by atoms with Gasteiger partial charge in [0.25, 0.3) is 0 Å². The van der Waals surface area contributed by atoms with E-state index in [-0.39, 0.29) is 96.8 Å². The Balaban J connectivity index is 1.23. The number of rotatable bonds is 9. The Morgan fingerprint density at radius 2 is 1.55 bits per heavy atom. The molecule has 11 heteroatoms. The van der Waals surface area contributed by atoms with Crippen molar-refractivity contribution in [3.63, 3.8) is 0 Å². The Kier molecular flexibility index (Phi) is 13.6. The number of Topliss-reactive ketones (excluding diaryl/α,β-unsaturated/α-hetero) is 1. The number of ether oxygens (including phenoxy) is 8. The molecule has 4 fully saturated rings. The molecule has 53 heavy (non-hydrogen) atoms. The Morgan fingerprint density at radius 1 is 0.811 bits per heavy atom. The fraction of sp³-hybridized carbons (Fsp3) is 0.857. The number of nitrogens with zero attached hydrogens (tertiary/aromatic N) is 1. The number of hydrogen-bond acceptors (Lipinski definition) is 11. The van der Waals surface area contributed by atoms with E-state index in [4.69, 9.17) is 37.9 Å². The van der Waals surface area contributed by atoms with Crippen LogP contribution in [-0.4, -0.2) is 120 Å². The Hall–Kier alpha value is -1.70. The van der Waals surface area contributed by atoms with Gasteiger partial charge in [0.2, 0.25) is 0 Å². The van der Waals surface area contributed by atoms with Gasteiger partial charge in [-0.2, -0.15) is 0 Å². The van der Waals surface area contributed by atoms with Crippen molar-refractivity contribution in [3.8, 4) is 0 Å². The SMILES string of the molecule is CC[C@H]1CCC[C@H](O[C@H]2CC[C@H](N(C)C)[C@@H](C)O2)[C@@H](C)C(=O)C2=C[C@@H]3[C@H](C=C(C)[C@H]4C[C@H](O[C@@H]5O[C@@H](C)[C@H](OC)[C@@H](OC)[C@H]5OC)C[C@H]34)[C@@H]2CC(=O)O1. The molecule has 300 valence electrons. The first-order valence-corrected chi connectivity index (χ1v) is 20.4. The van der Waals surface area contributed by atoms with Gasteiger partial charge in [0.1, 0.15) is 24.4 Å². The first kappa shape index (κ1) is 40.9. The lowest BCUT2D eigenvalue weighted by Crippen LogP contribution is -2.59. The molecule has 1 saturated carbocycles. The van der Waals surface area contributed by atoms with Crippen LogP contribution < -0.4 is 0 Å². The zero-order valence-corrected chi connectivity index (χ0v) is 33.9. The van der Waals surface area contributed by atoms with E-state index >= 15 is 0 Å². The van der Waals surface area contributed by atoms with Crippen molar-refractivity contribution in [1.82, 2.24) is 4.90 Å². The Morgan fingerprint density at radius 3 is 2.21 bits per heavy atom. The lowest BCUT2D eigenvalue weighted by molar-refractivity contribution is -0.314. The zero-order valence-electron chi connectivity index (χ0n) is 33.9. The van der Waals surface area contributed by atoms with Crippen molar-refractivity contribution in [3.05, 3.63) is 23.3 Å². The molecule has 6 rings (SSSR count). The van der Waals surface area contributed by atoms with E-state index in [2.05, 4.69) is 51.9 Å². The molecule has 0 aromatic heterocycles. The van der Waals surface area contributed by atoms with Crippen LogP contribution in [-0.2, 0) is 47.5 Å². The molecule has 0 amide bonds. The molecule has 3 heterocycles. The molecule has 0 N–H and O–H groups in total. The highest BCUT2D eigenvalue weighted by molar-refractivity contribution is 5.99. The third-order valence-corrected chi connectivity index (χ3v) is 13.7. The summed E-state index contributed by atoms with van der Waals surface area (Å²) in [4.78, 5) is 30.5. The number of esters is 1. The zero-order chi connectivity index (χ0) is 38.1. The fourth-order valence-corrected chi connectivity index (χ4v) is 10.8. The quantitative estimate of drug-likeness (QED) is 0.209. The molecule has 17 atom stereocenters. The first-order chi connectivity index (χ1) is 25.4. The molecule has 0 bridgehead atoms. The molecular formula is C42H67NO10. The van der Waals surface area contributed by atoms with E-state index in [0.717, 1.165) is 50.5 Å². The summed E-state index contributed by atoms with van der Waals surface area (Å²) >= 11 is 0. The summed E-state index contributed by atoms with van der Waals surface area (Å²) in [6.45, 7) is 10.4. The van der Waals surface area contributed by atoms with Crippen LogP contribution in [0.25, 0.3) is 0 Å². The number of carbonyl (C=O) groups is 2. The van der Waals surface area contributed by atoms with E-state index in [1.165, 1.54) is 5.57 Å². The van der Waals surface area contributed by atoms with E-state index in [1.807, 2.05) is 13.8 Å². The monoisotopic (exact) mass is 745 g/mol. The minimum atomic E-state index is -0.598. The minimum Gasteiger partial charge on any atom is -0.462 e. The van der Waals surface area contributed by atoms with E-state index in [9.17, 15) is 9.59 Å².